The van der Waals surface area contributed by atoms with E-state index in [4.69, 9.17) is 5.11 Å². The number of hydrogen-bond donors (Lipinski definition) is 2. The van der Waals surface area contributed by atoms with E-state index in [0.717, 1.165) is 0 Å². The van der Waals surface area contributed by atoms with Crippen LogP contribution in [-0.2, 0) is 0 Å². The Kier molecular flexibility index (Phi) is 2.46. The molecule has 0 saturated heterocycles. The van der Waals surface area contributed by atoms with E-state index in [0.29, 0.717) is 19.3 Å². The zero-order chi connectivity index (χ0) is 8.27. The highest BCUT2D eigenvalue weighted by molar-refractivity contribution is 5.64. The molecule has 0 aromatic carbocycles. The van der Waals surface area contributed by atoms with Crippen LogP contribution in [0.15, 0.2) is 11.9 Å². The van der Waals surface area contributed by atoms with Gasteiger partial charge in [-0.3, -0.25) is 0 Å². The van der Waals surface area contributed by atoms with Gasteiger partial charge in [0.05, 0.1) is 5.83 Å². The molecule has 0 heterocycles. The molecule has 1 rings (SSSR count). The van der Waals surface area contributed by atoms with Crippen LogP contribution in [0.4, 0.5) is 9.18 Å². The number of rotatable bonds is 1. The van der Waals surface area contributed by atoms with E-state index in [9.17, 15) is 9.18 Å². The summed E-state index contributed by atoms with van der Waals surface area (Å²) < 4.78 is 12.4. The first-order chi connectivity index (χ1) is 5.18. The highest BCUT2D eigenvalue weighted by atomic mass is 19.1. The van der Waals surface area contributed by atoms with Crippen molar-refractivity contribution in [2.24, 2.45) is 0 Å². The third-order valence-corrected chi connectivity index (χ3v) is 1.68. The zero-order valence-electron chi connectivity index (χ0n) is 6.01. The van der Waals surface area contributed by atoms with E-state index in [1.54, 1.807) is 0 Å². The molecule has 1 unspecified atom stereocenters. The molecule has 2 N–H and O–H groups in total. The van der Waals surface area contributed by atoms with E-state index in [-0.39, 0.29) is 11.9 Å². The third-order valence-electron chi connectivity index (χ3n) is 1.68. The fourth-order valence-corrected chi connectivity index (χ4v) is 1.11. The summed E-state index contributed by atoms with van der Waals surface area (Å²) in [5.74, 6) is -0.131. The van der Waals surface area contributed by atoms with Crippen molar-refractivity contribution >= 4 is 6.09 Å². The van der Waals surface area contributed by atoms with Crippen molar-refractivity contribution in [2.75, 3.05) is 0 Å². The van der Waals surface area contributed by atoms with Gasteiger partial charge in [-0.05, 0) is 12.8 Å². The Morgan fingerprint density at radius 2 is 2.55 bits per heavy atom. The molecule has 0 aromatic rings. The smallest absolute Gasteiger partial charge is 0.404 e. The maximum Gasteiger partial charge on any atom is 0.404 e. The lowest BCUT2D eigenvalue weighted by molar-refractivity contribution is 0.188. The van der Waals surface area contributed by atoms with Crippen molar-refractivity contribution in [1.82, 2.24) is 5.32 Å². The Morgan fingerprint density at radius 3 is 3.00 bits per heavy atom. The van der Waals surface area contributed by atoms with Gasteiger partial charge in [-0.25, -0.2) is 9.18 Å². The second-order valence-electron chi connectivity index (χ2n) is 2.57. The highest BCUT2D eigenvalue weighted by Gasteiger charge is 2.15. The number of carboxylic acid groups (broad SMARTS) is 1. The summed E-state index contributed by atoms with van der Waals surface area (Å²) in [6.07, 6.45) is 1.78. The molecule has 1 aliphatic rings. The molecular formula is C7H10FNO2. The Balaban J connectivity index is 2.35. The van der Waals surface area contributed by atoms with Crippen molar-refractivity contribution in [2.45, 2.75) is 25.3 Å². The summed E-state index contributed by atoms with van der Waals surface area (Å²) in [6.45, 7) is 0. The van der Waals surface area contributed by atoms with Gasteiger partial charge in [0.1, 0.15) is 0 Å². The van der Waals surface area contributed by atoms with Gasteiger partial charge in [0.2, 0.25) is 0 Å². The number of allylic oxidation sites excluding steroid dienone is 1. The lowest BCUT2D eigenvalue weighted by Gasteiger charge is -2.17. The molecule has 0 bridgehead atoms. The van der Waals surface area contributed by atoms with Gasteiger partial charge in [-0.1, -0.05) is 6.08 Å². The minimum Gasteiger partial charge on any atom is -0.465 e. The predicted molar refractivity (Wildman–Crippen MR) is 38.0 cm³/mol. The number of carbonyl (C=O) groups is 1. The van der Waals surface area contributed by atoms with Crippen molar-refractivity contribution in [1.29, 1.82) is 0 Å². The van der Waals surface area contributed by atoms with E-state index in [1.165, 1.54) is 6.08 Å². The quantitative estimate of drug-likeness (QED) is 0.611. The molecule has 1 aliphatic carbocycles. The normalized spacial score (nSPS) is 24.1. The van der Waals surface area contributed by atoms with E-state index < -0.39 is 6.09 Å². The van der Waals surface area contributed by atoms with E-state index >= 15 is 0 Å². The average Bonchev–Trinajstić information content (AvgIpc) is 1.93. The largest absolute Gasteiger partial charge is 0.465 e. The molecule has 4 heteroatoms. The second-order valence-corrected chi connectivity index (χ2v) is 2.57. The van der Waals surface area contributed by atoms with Crippen LogP contribution in [0.25, 0.3) is 0 Å². The molecule has 11 heavy (non-hydrogen) atoms. The lowest BCUT2D eigenvalue weighted by atomic mass is 10.0. The lowest BCUT2D eigenvalue weighted by Crippen LogP contribution is -2.34. The standard InChI is InChI=1S/C7H10FNO2/c8-5-1-3-6(4-2-5)9-7(10)11/h1,6,9H,2-4H2,(H,10,11). The molecule has 0 aliphatic heterocycles. The fraction of sp³-hybridized carbons (Fsp3) is 0.571. The minimum atomic E-state index is -1.04. The summed E-state index contributed by atoms with van der Waals surface area (Å²) in [6, 6.07) is -0.105. The third kappa shape index (κ3) is 2.57. The van der Waals surface area contributed by atoms with Gasteiger partial charge in [0.15, 0.2) is 0 Å². The SMILES string of the molecule is O=C(O)NC1CC=C(F)CC1. The van der Waals surface area contributed by atoms with Gasteiger partial charge < -0.3 is 10.4 Å². The molecule has 0 spiro atoms. The Hall–Kier alpha value is -1.06. The molecular weight excluding hydrogens is 149 g/mol. The van der Waals surface area contributed by atoms with Gasteiger partial charge in [0.25, 0.3) is 0 Å². The minimum absolute atomic E-state index is 0.105. The number of nitrogens with one attached hydrogen (secondary N) is 1. The van der Waals surface area contributed by atoms with Gasteiger partial charge in [-0.2, -0.15) is 0 Å². The van der Waals surface area contributed by atoms with Crippen molar-refractivity contribution < 1.29 is 14.3 Å². The fourth-order valence-electron chi connectivity index (χ4n) is 1.11. The molecule has 0 fully saturated rings. The molecule has 0 aromatic heterocycles. The van der Waals surface area contributed by atoms with E-state index in [1.807, 2.05) is 0 Å². The molecule has 1 atom stereocenters. The number of amides is 1. The maximum atomic E-state index is 12.4. The van der Waals surface area contributed by atoms with Crippen LogP contribution >= 0.6 is 0 Å². The zero-order valence-corrected chi connectivity index (χ0v) is 6.01. The van der Waals surface area contributed by atoms with Crippen molar-refractivity contribution in [3.8, 4) is 0 Å². The summed E-state index contributed by atoms with van der Waals surface area (Å²) >= 11 is 0. The van der Waals surface area contributed by atoms with Crippen molar-refractivity contribution in [3.63, 3.8) is 0 Å². The van der Waals surface area contributed by atoms with Crippen LogP contribution in [-0.4, -0.2) is 17.2 Å². The van der Waals surface area contributed by atoms with Crippen LogP contribution in [0.3, 0.4) is 0 Å². The first-order valence-corrected chi connectivity index (χ1v) is 3.52. The van der Waals surface area contributed by atoms with Gasteiger partial charge >= 0.3 is 6.09 Å². The first kappa shape index (κ1) is 8.04. The van der Waals surface area contributed by atoms with Crippen molar-refractivity contribution in [3.05, 3.63) is 11.9 Å². The van der Waals surface area contributed by atoms with Crippen LogP contribution in [0.5, 0.6) is 0 Å². The number of halogens is 1. The average molecular weight is 159 g/mol. The van der Waals surface area contributed by atoms with Gasteiger partial charge in [0, 0.05) is 12.5 Å². The van der Waals surface area contributed by atoms with Crippen LogP contribution in [0.2, 0.25) is 0 Å². The Morgan fingerprint density at radius 1 is 1.82 bits per heavy atom. The molecule has 62 valence electrons. The molecule has 0 radical (unpaired) electrons. The molecule has 3 nitrogen and oxygen atoms in total. The molecule has 0 saturated carbocycles. The monoisotopic (exact) mass is 159 g/mol. The van der Waals surface area contributed by atoms with E-state index in [2.05, 4.69) is 5.32 Å². The van der Waals surface area contributed by atoms with Crippen LogP contribution < -0.4 is 5.32 Å². The van der Waals surface area contributed by atoms with Gasteiger partial charge in [-0.15, -0.1) is 0 Å². The van der Waals surface area contributed by atoms with Crippen LogP contribution in [0.1, 0.15) is 19.3 Å². The summed E-state index contributed by atoms with van der Waals surface area (Å²) in [7, 11) is 0. The predicted octanol–water partition coefficient (Wildman–Crippen LogP) is 1.66. The van der Waals surface area contributed by atoms with Crippen LogP contribution in [0, 0.1) is 0 Å². The highest BCUT2D eigenvalue weighted by Crippen LogP contribution is 2.18. The topological polar surface area (TPSA) is 49.3 Å². The first-order valence-electron chi connectivity index (χ1n) is 3.52. The summed E-state index contributed by atoms with van der Waals surface area (Å²) in [4.78, 5) is 10.1. The Bertz CT molecular complexity index is 191. The maximum absolute atomic E-state index is 12.4. The number of hydrogen-bond acceptors (Lipinski definition) is 1. The Labute approximate surface area is 63.9 Å². The summed E-state index contributed by atoms with van der Waals surface area (Å²) in [5.41, 5.74) is 0. The second kappa shape index (κ2) is 3.37. The summed E-state index contributed by atoms with van der Waals surface area (Å²) in [5, 5.41) is 10.6. The molecule has 1 amide bonds.